The van der Waals surface area contributed by atoms with E-state index in [0.29, 0.717) is 17.8 Å². The SMILES string of the molecule is COc1ccc(N[C@@H]2CCN(C)C[C@H]2C)cn1. The van der Waals surface area contributed by atoms with Crippen LogP contribution < -0.4 is 10.1 Å². The molecule has 0 spiro atoms. The normalized spacial score (nSPS) is 25.6. The lowest BCUT2D eigenvalue weighted by Crippen LogP contribution is -2.43. The van der Waals surface area contributed by atoms with E-state index in [4.69, 9.17) is 4.74 Å². The molecule has 0 saturated carbocycles. The fourth-order valence-electron chi connectivity index (χ4n) is 2.37. The van der Waals surface area contributed by atoms with Gasteiger partial charge in [-0.05, 0) is 32.0 Å². The monoisotopic (exact) mass is 235 g/mol. The Hall–Kier alpha value is -1.29. The first-order valence-corrected chi connectivity index (χ1v) is 6.14. The lowest BCUT2D eigenvalue weighted by Gasteiger charge is -2.35. The zero-order chi connectivity index (χ0) is 12.3. The Morgan fingerprint density at radius 2 is 2.29 bits per heavy atom. The molecule has 1 aliphatic heterocycles. The number of ether oxygens (including phenoxy) is 1. The highest BCUT2D eigenvalue weighted by Crippen LogP contribution is 2.20. The summed E-state index contributed by atoms with van der Waals surface area (Å²) in [6.07, 6.45) is 3.02. The highest BCUT2D eigenvalue weighted by atomic mass is 16.5. The van der Waals surface area contributed by atoms with Gasteiger partial charge in [-0.15, -0.1) is 0 Å². The number of aromatic nitrogens is 1. The Morgan fingerprint density at radius 1 is 1.47 bits per heavy atom. The fourth-order valence-corrected chi connectivity index (χ4v) is 2.37. The van der Waals surface area contributed by atoms with E-state index >= 15 is 0 Å². The maximum Gasteiger partial charge on any atom is 0.213 e. The van der Waals surface area contributed by atoms with Crippen LogP contribution in [0.25, 0.3) is 0 Å². The molecule has 0 amide bonds. The number of hydrogen-bond acceptors (Lipinski definition) is 4. The highest BCUT2D eigenvalue weighted by molar-refractivity contribution is 5.43. The quantitative estimate of drug-likeness (QED) is 0.867. The molecule has 2 rings (SSSR count). The predicted octanol–water partition coefficient (Wildman–Crippen LogP) is 1.84. The third-order valence-corrected chi connectivity index (χ3v) is 3.41. The van der Waals surface area contributed by atoms with Gasteiger partial charge in [-0.1, -0.05) is 6.92 Å². The molecule has 0 radical (unpaired) electrons. The van der Waals surface area contributed by atoms with E-state index in [9.17, 15) is 0 Å². The minimum absolute atomic E-state index is 0.543. The topological polar surface area (TPSA) is 37.4 Å². The number of rotatable bonds is 3. The average Bonchev–Trinajstić information content (AvgIpc) is 2.34. The van der Waals surface area contributed by atoms with E-state index in [-0.39, 0.29) is 0 Å². The first-order chi connectivity index (χ1) is 8.19. The Kier molecular flexibility index (Phi) is 3.84. The van der Waals surface area contributed by atoms with Crippen molar-refractivity contribution in [3.8, 4) is 5.88 Å². The summed E-state index contributed by atoms with van der Waals surface area (Å²) >= 11 is 0. The van der Waals surface area contributed by atoms with Crippen LogP contribution in [0.5, 0.6) is 5.88 Å². The van der Waals surface area contributed by atoms with E-state index in [0.717, 1.165) is 18.8 Å². The Bertz CT molecular complexity index is 352. The van der Waals surface area contributed by atoms with Crippen molar-refractivity contribution in [1.29, 1.82) is 0 Å². The second kappa shape index (κ2) is 5.36. The molecule has 0 bridgehead atoms. The molecule has 4 nitrogen and oxygen atoms in total. The lowest BCUT2D eigenvalue weighted by atomic mass is 9.94. The summed E-state index contributed by atoms with van der Waals surface area (Å²) in [5, 5.41) is 3.56. The number of piperidine rings is 1. The third kappa shape index (κ3) is 3.09. The number of anilines is 1. The minimum atomic E-state index is 0.543. The maximum atomic E-state index is 5.05. The van der Waals surface area contributed by atoms with Crippen LogP contribution in [0.3, 0.4) is 0 Å². The van der Waals surface area contributed by atoms with Crippen LogP contribution in [0.4, 0.5) is 5.69 Å². The zero-order valence-corrected chi connectivity index (χ0v) is 10.8. The second-order valence-electron chi connectivity index (χ2n) is 4.87. The molecule has 1 aromatic heterocycles. The first-order valence-electron chi connectivity index (χ1n) is 6.14. The van der Waals surface area contributed by atoms with Gasteiger partial charge in [0.15, 0.2) is 0 Å². The first kappa shape index (κ1) is 12.2. The van der Waals surface area contributed by atoms with Crippen molar-refractivity contribution < 1.29 is 4.74 Å². The van der Waals surface area contributed by atoms with Crippen LogP contribution in [-0.4, -0.2) is 43.2 Å². The van der Waals surface area contributed by atoms with Crippen LogP contribution in [0.15, 0.2) is 18.3 Å². The lowest BCUT2D eigenvalue weighted by molar-refractivity contribution is 0.206. The number of nitrogens with zero attached hydrogens (tertiary/aromatic N) is 2. The summed E-state index contributed by atoms with van der Waals surface area (Å²) in [5.74, 6) is 1.32. The van der Waals surface area contributed by atoms with Gasteiger partial charge in [-0.2, -0.15) is 0 Å². The van der Waals surface area contributed by atoms with Gasteiger partial charge in [0.05, 0.1) is 19.0 Å². The molecule has 1 N–H and O–H groups in total. The standard InChI is InChI=1S/C13H21N3O/c1-10-9-16(2)7-6-12(10)15-11-4-5-13(17-3)14-8-11/h4-5,8,10,12,15H,6-7,9H2,1-3H3/t10-,12-/m1/s1. The summed E-state index contributed by atoms with van der Waals surface area (Å²) in [6, 6.07) is 4.46. The molecule has 1 fully saturated rings. The maximum absolute atomic E-state index is 5.05. The van der Waals surface area contributed by atoms with E-state index in [2.05, 4.69) is 29.2 Å². The summed E-state index contributed by atoms with van der Waals surface area (Å²) in [4.78, 5) is 6.59. The van der Waals surface area contributed by atoms with Gasteiger partial charge in [0, 0.05) is 18.7 Å². The number of likely N-dealkylation sites (tertiary alicyclic amines) is 1. The van der Waals surface area contributed by atoms with Crippen molar-refractivity contribution in [3.63, 3.8) is 0 Å². The molecule has 0 aliphatic carbocycles. The number of hydrogen-bond donors (Lipinski definition) is 1. The van der Waals surface area contributed by atoms with Crippen LogP contribution in [0.1, 0.15) is 13.3 Å². The minimum Gasteiger partial charge on any atom is -0.481 e. The predicted molar refractivity (Wildman–Crippen MR) is 69.5 cm³/mol. The summed E-state index contributed by atoms with van der Waals surface area (Å²) in [6.45, 7) is 4.61. The molecule has 0 aromatic carbocycles. The van der Waals surface area contributed by atoms with Gasteiger partial charge < -0.3 is 15.0 Å². The molecule has 0 unspecified atom stereocenters. The van der Waals surface area contributed by atoms with Crippen LogP contribution in [0, 0.1) is 5.92 Å². The van der Waals surface area contributed by atoms with E-state index in [1.165, 1.54) is 6.42 Å². The molecular weight excluding hydrogens is 214 g/mol. The number of pyridine rings is 1. The van der Waals surface area contributed by atoms with Gasteiger partial charge in [0.1, 0.15) is 0 Å². The number of nitrogens with one attached hydrogen (secondary N) is 1. The van der Waals surface area contributed by atoms with Crippen molar-refractivity contribution in [3.05, 3.63) is 18.3 Å². The Balaban J connectivity index is 1.95. The van der Waals surface area contributed by atoms with Gasteiger partial charge in [0.2, 0.25) is 5.88 Å². The molecular formula is C13H21N3O. The Labute approximate surface area is 103 Å². The average molecular weight is 235 g/mol. The van der Waals surface area contributed by atoms with Crippen molar-refractivity contribution in [2.45, 2.75) is 19.4 Å². The van der Waals surface area contributed by atoms with Crippen LogP contribution >= 0.6 is 0 Å². The van der Waals surface area contributed by atoms with Crippen LogP contribution in [0.2, 0.25) is 0 Å². The van der Waals surface area contributed by atoms with Crippen molar-refractivity contribution in [2.75, 3.05) is 32.6 Å². The summed E-state index contributed by atoms with van der Waals surface area (Å²) in [7, 11) is 3.82. The molecule has 1 aromatic rings. The van der Waals surface area contributed by atoms with Crippen LogP contribution in [-0.2, 0) is 0 Å². The van der Waals surface area contributed by atoms with E-state index in [1.807, 2.05) is 18.3 Å². The summed E-state index contributed by atoms with van der Waals surface area (Å²) in [5.41, 5.74) is 1.08. The van der Waals surface area contributed by atoms with Gasteiger partial charge in [-0.25, -0.2) is 4.98 Å². The smallest absolute Gasteiger partial charge is 0.213 e. The van der Waals surface area contributed by atoms with Crippen molar-refractivity contribution >= 4 is 5.69 Å². The molecule has 2 atom stereocenters. The second-order valence-corrected chi connectivity index (χ2v) is 4.87. The van der Waals surface area contributed by atoms with Gasteiger partial charge in [0.25, 0.3) is 0 Å². The van der Waals surface area contributed by atoms with Crippen molar-refractivity contribution in [1.82, 2.24) is 9.88 Å². The third-order valence-electron chi connectivity index (χ3n) is 3.41. The molecule has 94 valence electrons. The molecule has 1 aliphatic rings. The van der Waals surface area contributed by atoms with E-state index in [1.54, 1.807) is 7.11 Å². The van der Waals surface area contributed by atoms with E-state index < -0.39 is 0 Å². The molecule has 4 heteroatoms. The zero-order valence-electron chi connectivity index (χ0n) is 10.8. The highest BCUT2D eigenvalue weighted by Gasteiger charge is 2.23. The summed E-state index contributed by atoms with van der Waals surface area (Å²) < 4.78 is 5.05. The molecule has 17 heavy (non-hydrogen) atoms. The van der Waals surface area contributed by atoms with Crippen molar-refractivity contribution in [2.24, 2.45) is 5.92 Å². The number of methoxy groups -OCH3 is 1. The van der Waals surface area contributed by atoms with Gasteiger partial charge in [-0.3, -0.25) is 0 Å². The largest absolute Gasteiger partial charge is 0.481 e. The molecule has 2 heterocycles. The molecule has 1 saturated heterocycles. The Morgan fingerprint density at radius 3 is 2.88 bits per heavy atom. The van der Waals surface area contributed by atoms with Gasteiger partial charge >= 0.3 is 0 Å². The fraction of sp³-hybridized carbons (Fsp3) is 0.615.